The van der Waals surface area contributed by atoms with Gasteiger partial charge in [0.05, 0.1) is 0 Å². The number of carbonyl (C=O) groups is 3. The summed E-state index contributed by atoms with van der Waals surface area (Å²) in [6.07, 6.45) is 0.759. The minimum absolute atomic E-state index is 0.0480. The zero-order valence-corrected chi connectivity index (χ0v) is 14.5. The van der Waals surface area contributed by atoms with Crippen LogP contribution in [0.3, 0.4) is 0 Å². The van der Waals surface area contributed by atoms with E-state index in [0.717, 1.165) is 10.8 Å². The van der Waals surface area contributed by atoms with Crippen molar-refractivity contribution in [3.63, 3.8) is 0 Å². The van der Waals surface area contributed by atoms with Gasteiger partial charge in [-0.1, -0.05) is 38.1 Å². The highest BCUT2D eigenvalue weighted by molar-refractivity contribution is 6.25. The third-order valence-corrected chi connectivity index (χ3v) is 4.35. The normalized spacial score (nSPS) is 13.6. The third-order valence-electron chi connectivity index (χ3n) is 4.35. The quantitative estimate of drug-likeness (QED) is 0.824. The maximum Gasteiger partial charge on any atom is 0.261 e. The van der Waals surface area contributed by atoms with E-state index in [1.807, 2.05) is 38.1 Å². The van der Waals surface area contributed by atoms with E-state index in [0.29, 0.717) is 36.4 Å². The van der Waals surface area contributed by atoms with Crippen molar-refractivity contribution < 1.29 is 14.4 Å². The summed E-state index contributed by atoms with van der Waals surface area (Å²) in [6.45, 7) is 4.94. The summed E-state index contributed by atoms with van der Waals surface area (Å²) in [5, 5.41) is 4.47. The first kappa shape index (κ1) is 17.1. The van der Waals surface area contributed by atoms with Crippen LogP contribution in [0.15, 0.2) is 36.4 Å². The Bertz CT molecular complexity index is 791. The monoisotopic (exact) mass is 338 g/mol. The molecule has 3 amide bonds. The van der Waals surface area contributed by atoms with Crippen molar-refractivity contribution in [2.45, 2.75) is 26.7 Å². The van der Waals surface area contributed by atoms with E-state index in [1.165, 1.54) is 4.90 Å². The minimum Gasteiger partial charge on any atom is -0.356 e. The van der Waals surface area contributed by atoms with Crippen molar-refractivity contribution in [1.82, 2.24) is 10.2 Å². The van der Waals surface area contributed by atoms with Crippen LogP contribution >= 0.6 is 0 Å². The summed E-state index contributed by atoms with van der Waals surface area (Å²) in [4.78, 5) is 38.5. The standard InChI is InChI=1S/C20H22N2O3/c1-13(2)12-21-17(23)10-5-11-22-19(24)15-8-3-6-14-7-4-9-16(18(14)15)20(22)25/h3-4,6-9,13H,5,10-12H2,1-2H3,(H,21,23). The lowest BCUT2D eigenvalue weighted by atomic mass is 9.94. The maximum absolute atomic E-state index is 12.7. The van der Waals surface area contributed by atoms with Crippen LogP contribution < -0.4 is 5.32 Å². The molecule has 0 aromatic heterocycles. The number of hydrogen-bond donors (Lipinski definition) is 1. The Morgan fingerprint density at radius 3 is 2.20 bits per heavy atom. The van der Waals surface area contributed by atoms with Crippen molar-refractivity contribution in [3.05, 3.63) is 47.5 Å². The smallest absolute Gasteiger partial charge is 0.261 e. The Hall–Kier alpha value is -2.69. The third kappa shape index (κ3) is 3.40. The lowest BCUT2D eigenvalue weighted by Crippen LogP contribution is -2.41. The molecule has 0 fully saturated rings. The fraction of sp³-hybridized carbons (Fsp3) is 0.350. The van der Waals surface area contributed by atoms with Crippen LogP contribution in [0.2, 0.25) is 0 Å². The lowest BCUT2D eigenvalue weighted by molar-refractivity contribution is -0.121. The number of rotatable bonds is 6. The SMILES string of the molecule is CC(C)CNC(=O)CCCN1C(=O)c2cccc3cccc(c23)C1=O. The molecule has 0 unspecified atom stereocenters. The van der Waals surface area contributed by atoms with E-state index in [1.54, 1.807) is 12.1 Å². The number of benzene rings is 2. The minimum atomic E-state index is -0.281. The van der Waals surface area contributed by atoms with Crippen LogP contribution in [-0.2, 0) is 4.79 Å². The second-order valence-corrected chi connectivity index (χ2v) is 6.77. The fourth-order valence-corrected chi connectivity index (χ4v) is 3.09. The molecule has 3 rings (SSSR count). The molecule has 1 aliphatic rings. The molecule has 2 aromatic rings. The molecule has 0 radical (unpaired) electrons. The predicted molar refractivity (Wildman–Crippen MR) is 96.4 cm³/mol. The van der Waals surface area contributed by atoms with Crippen molar-refractivity contribution in [2.75, 3.05) is 13.1 Å². The Kier molecular flexibility index (Phi) is 4.83. The van der Waals surface area contributed by atoms with Gasteiger partial charge in [0.2, 0.25) is 5.91 Å². The van der Waals surface area contributed by atoms with Gasteiger partial charge in [0, 0.05) is 36.0 Å². The number of amides is 3. The molecule has 1 N–H and O–H groups in total. The number of hydrogen-bond acceptors (Lipinski definition) is 3. The van der Waals surface area contributed by atoms with Gasteiger partial charge in [-0.2, -0.15) is 0 Å². The number of nitrogens with zero attached hydrogens (tertiary/aromatic N) is 1. The molecule has 0 bridgehead atoms. The van der Waals surface area contributed by atoms with Gasteiger partial charge in [0.25, 0.3) is 11.8 Å². The van der Waals surface area contributed by atoms with E-state index in [2.05, 4.69) is 5.32 Å². The number of nitrogens with one attached hydrogen (secondary N) is 1. The molecule has 5 heteroatoms. The Labute approximate surface area is 147 Å². The molecular formula is C20H22N2O3. The van der Waals surface area contributed by atoms with Crippen LogP contribution in [-0.4, -0.2) is 35.7 Å². The van der Waals surface area contributed by atoms with Gasteiger partial charge in [0.15, 0.2) is 0 Å². The highest BCUT2D eigenvalue weighted by Gasteiger charge is 2.32. The van der Waals surface area contributed by atoms with E-state index in [9.17, 15) is 14.4 Å². The largest absolute Gasteiger partial charge is 0.356 e. The molecule has 130 valence electrons. The van der Waals surface area contributed by atoms with E-state index >= 15 is 0 Å². The number of carbonyl (C=O) groups excluding carboxylic acids is 3. The summed E-state index contributed by atoms with van der Waals surface area (Å²) < 4.78 is 0. The molecular weight excluding hydrogens is 316 g/mol. The van der Waals surface area contributed by atoms with Crippen molar-refractivity contribution in [2.24, 2.45) is 5.92 Å². The lowest BCUT2D eigenvalue weighted by Gasteiger charge is -2.27. The van der Waals surface area contributed by atoms with Gasteiger partial charge in [-0.15, -0.1) is 0 Å². The maximum atomic E-state index is 12.7. The van der Waals surface area contributed by atoms with Gasteiger partial charge >= 0.3 is 0 Å². The summed E-state index contributed by atoms with van der Waals surface area (Å²) >= 11 is 0. The average molecular weight is 338 g/mol. The first-order valence-corrected chi connectivity index (χ1v) is 8.63. The molecule has 5 nitrogen and oxygen atoms in total. The van der Waals surface area contributed by atoms with Crippen molar-refractivity contribution in [1.29, 1.82) is 0 Å². The molecule has 0 saturated carbocycles. The van der Waals surface area contributed by atoms with E-state index in [4.69, 9.17) is 0 Å². The van der Waals surface area contributed by atoms with E-state index in [-0.39, 0.29) is 24.3 Å². The average Bonchev–Trinajstić information content (AvgIpc) is 2.60. The second-order valence-electron chi connectivity index (χ2n) is 6.77. The van der Waals surface area contributed by atoms with Gasteiger partial charge in [-0.25, -0.2) is 0 Å². The molecule has 0 aliphatic carbocycles. The van der Waals surface area contributed by atoms with Crippen LogP contribution in [0.5, 0.6) is 0 Å². The topological polar surface area (TPSA) is 66.5 Å². The molecule has 1 heterocycles. The first-order valence-electron chi connectivity index (χ1n) is 8.63. The summed E-state index contributed by atoms with van der Waals surface area (Å²) in [5.41, 5.74) is 1.11. The summed E-state index contributed by atoms with van der Waals surface area (Å²) in [7, 11) is 0. The Balaban J connectivity index is 1.71. The van der Waals surface area contributed by atoms with E-state index < -0.39 is 0 Å². The molecule has 2 aromatic carbocycles. The van der Waals surface area contributed by atoms with Crippen LogP contribution in [0.4, 0.5) is 0 Å². The predicted octanol–water partition coefficient (Wildman–Crippen LogP) is 2.99. The summed E-state index contributed by atoms with van der Waals surface area (Å²) in [5.74, 6) is -0.215. The molecule has 0 spiro atoms. The van der Waals surface area contributed by atoms with Crippen molar-refractivity contribution >= 4 is 28.5 Å². The highest BCUT2D eigenvalue weighted by Crippen LogP contribution is 2.29. The van der Waals surface area contributed by atoms with Crippen LogP contribution in [0.1, 0.15) is 47.4 Å². The molecule has 25 heavy (non-hydrogen) atoms. The van der Waals surface area contributed by atoms with Gasteiger partial charge in [-0.3, -0.25) is 19.3 Å². The Morgan fingerprint density at radius 2 is 1.64 bits per heavy atom. The Morgan fingerprint density at radius 1 is 1.04 bits per heavy atom. The first-order chi connectivity index (χ1) is 12.0. The second kappa shape index (κ2) is 7.05. The molecule has 0 saturated heterocycles. The molecule has 0 atom stereocenters. The fourth-order valence-electron chi connectivity index (χ4n) is 3.09. The van der Waals surface area contributed by atoms with Crippen LogP contribution in [0, 0.1) is 5.92 Å². The van der Waals surface area contributed by atoms with Gasteiger partial charge in [0.1, 0.15) is 0 Å². The van der Waals surface area contributed by atoms with Gasteiger partial charge < -0.3 is 5.32 Å². The highest BCUT2D eigenvalue weighted by atomic mass is 16.2. The summed E-state index contributed by atoms with van der Waals surface area (Å²) in [6, 6.07) is 11.0. The van der Waals surface area contributed by atoms with Crippen molar-refractivity contribution in [3.8, 4) is 0 Å². The molecule has 1 aliphatic heterocycles. The number of imide groups is 1. The van der Waals surface area contributed by atoms with Crippen LogP contribution in [0.25, 0.3) is 10.8 Å². The zero-order chi connectivity index (χ0) is 18.0. The zero-order valence-electron chi connectivity index (χ0n) is 14.5. The van der Waals surface area contributed by atoms with Gasteiger partial charge in [-0.05, 0) is 29.9 Å².